The van der Waals surface area contributed by atoms with E-state index in [1.54, 1.807) is 0 Å². The second-order valence-corrected chi connectivity index (χ2v) is 8.71. The lowest BCUT2D eigenvalue weighted by Crippen LogP contribution is -2.56. The molecule has 26 heavy (non-hydrogen) atoms. The van der Waals surface area contributed by atoms with Gasteiger partial charge in [-0.25, -0.2) is 0 Å². The lowest BCUT2D eigenvalue weighted by Gasteiger charge is -2.38. The van der Waals surface area contributed by atoms with Crippen LogP contribution in [0.4, 0.5) is 0 Å². The average Bonchev–Trinajstić information content (AvgIpc) is 3.43. The molecule has 2 N–H and O–H groups in total. The lowest BCUT2D eigenvalue weighted by atomic mass is 9.78. The Bertz CT molecular complexity index is 500. The summed E-state index contributed by atoms with van der Waals surface area (Å²) in [5, 5.41) is 6.36. The van der Waals surface area contributed by atoms with Crippen molar-refractivity contribution in [2.24, 2.45) is 11.8 Å². The molecular weight excluding hydrogens is 328 g/mol. The molecule has 3 aliphatic rings. The zero-order chi connectivity index (χ0) is 18.7. The van der Waals surface area contributed by atoms with Gasteiger partial charge in [0.25, 0.3) is 0 Å². The van der Waals surface area contributed by atoms with Crippen molar-refractivity contribution < 1.29 is 9.59 Å². The molecule has 0 radical (unpaired) electrons. The third-order valence-corrected chi connectivity index (χ3v) is 6.68. The van der Waals surface area contributed by atoms with Gasteiger partial charge in [0.15, 0.2) is 0 Å². The van der Waals surface area contributed by atoms with Crippen LogP contribution in [0.2, 0.25) is 0 Å². The van der Waals surface area contributed by atoms with E-state index in [2.05, 4.69) is 34.3 Å². The van der Waals surface area contributed by atoms with Gasteiger partial charge in [-0.05, 0) is 38.0 Å². The third kappa shape index (κ3) is 5.19. The van der Waals surface area contributed by atoms with Crippen molar-refractivity contribution in [1.29, 1.82) is 0 Å². The minimum absolute atomic E-state index is 0.0730. The first-order valence-electron chi connectivity index (χ1n) is 10.5. The molecule has 2 saturated carbocycles. The van der Waals surface area contributed by atoms with Crippen LogP contribution >= 0.6 is 0 Å². The van der Waals surface area contributed by atoms with Crippen molar-refractivity contribution in [2.45, 2.75) is 71.0 Å². The van der Waals surface area contributed by atoms with Gasteiger partial charge < -0.3 is 10.6 Å². The monoisotopic (exact) mass is 364 g/mol. The number of hydrogen-bond acceptors (Lipinski definition) is 4. The van der Waals surface area contributed by atoms with Crippen LogP contribution < -0.4 is 10.6 Å². The first-order chi connectivity index (χ1) is 12.4. The van der Waals surface area contributed by atoms with Crippen LogP contribution in [0.3, 0.4) is 0 Å². The van der Waals surface area contributed by atoms with Gasteiger partial charge in [0, 0.05) is 38.3 Å². The molecule has 2 aliphatic carbocycles. The van der Waals surface area contributed by atoms with Crippen molar-refractivity contribution >= 4 is 11.8 Å². The largest absolute Gasteiger partial charge is 0.352 e. The third-order valence-electron chi connectivity index (χ3n) is 6.68. The molecule has 0 aromatic heterocycles. The highest BCUT2D eigenvalue weighted by atomic mass is 16.2. The van der Waals surface area contributed by atoms with E-state index in [4.69, 9.17) is 0 Å². The Balaban J connectivity index is 1.37. The molecular formula is C20H36N4O2. The molecule has 4 unspecified atom stereocenters. The molecule has 1 heterocycles. The average molecular weight is 365 g/mol. The summed E-state index contributed by atoms with van der Waals surface area (Å²) in [7, 11) is 0. The van der Waals surface area contributed by atoms with Crippen LogP contribution in [0.15, 0.2) is 0 Å². The Morgan fingerprint density at radius 3 is 2.35 bits per heavy atom. The van der Waals surface area contributed by atoms with Gasteiger partial charge in [0.05, 0.1) is 12.6 Å². The molecule has 4 atom stereocenters. The van der Waals surface area contributed by atoms with Crippen molar-refractivity contribution in [3.05, 3.63) is 0 Å². The summed E-state index contributed by atoms with van der Waals surface area (Å²) in [4.78, 5) is 29.1. The first-order valence-corrected chi connectivity index (χ1v) is 10.5. The van der Waals surface area contributed by atoms with Crippen LogP contribution in [0, 0.1) is 11.8 Å². The molecule has 2 amide bonds. The van der Waals surface area contributed by atoms with Crippen LogP contribution in [-0.2, 0) is 9.59 Å². The highest BCUT2D eigenvalue weighted by Crippen LogP contribution is 2.29. The highest BCUT2D eigenvalue weighted by Gasteiger charge is 2.31. The first kappa shape index (κ1) is 19.6. The van der Waals surface area contributed by atoms with Crippen molar-refractivity contribution in [3.8, 4) is 0 Å². The van der Waals surface area contributed by atoms with Crippen LogP contribution in [0.5, 0.6) is 0 Å². The summed E-state index contributed by atoms with van der Waals surface area (Å²) >= 11 is 0. The second kappa shape index (κ2) is 8.70. The highest BCUT2D eigenvalue weighted by molar-refractivity contribution is 5.82. The van der Waals surface area contributed by atoms with Gasteiger partial charge in [-0.3, -0.25) is 19.4 Å². The van der Waals surface area contributed by atoms with E-state index in [1.807, 2.05) is 6.92 Å². The van der Waals surface area contributed by atoms with E-state index < -0.39 is 0 Å². The molecule has 0 spiro atoms. The fraction of sp³-hybridized carbons (Fsp3) is 0.900. The smallest absolute Gasteiger partial charge is 0.237 e. The predicted molar refractivity (Wildman–Crippen MR) is 103 cm³/mol. The molecule has 6 nitrogen and oxygen atoms in total. The van der Waals surface area contributed by atoms with Gasteiger partial charge in [0.2, 0.25) is 11.8 Å². The fourth-order valence-electron chi connectivity index (χ4n) is 4.27. The zero-order valence-corrected chi connectivity index (χ0v) is 16.7. The Hall–Kier alpha value is -1.14. The molecule has 0 bridgehead atoms. The van der Waals surface area contributed by atoms with E-state index >= 15 is 0 Å². The molecule has 3 fully saturated rings. The quantitative estimate of drug-likeness (QED) is 0.744. The number of piperazine rings is 1. The lowest BCUT2D eigenvalue weighted by molar-refractivity contribution is -0.128. The number of carbonyl (C=O) groups excluding carboxylic acids is 2. The fourth-order valence-corrected chi connectivity index (χ4v) is 4.27. The van der Waals surface area contributed by atoms with E-state index in [-0.39, 0.29) is 17.9 Å². The van der Waals surface area contributed by atoms with Gasteiger partial charge in [0.1, 0.15) is 0 Å². The normalized spacial score (nSPS) is 32.0. The zero-order valence-electron chi connectivity index (χ0n) is 16.7. The summed E-state index contributed by atoms with van der Waals surface area (Å²) in [5.74, 6) is 1.57. The molecule has 0 aromatic carbocycles. The van der Waals surface area contributed by atoms with E-state index in [9.17, 15) is 9.59 Å². The molecule has 1 saturated heterocycles. The number of nitrogens with one attached hydrogen (secondary N) is 2. The van der Waals surface area contributed by atoms with Gasteiger partial charge in [-0.15, -0.1) is 0 Å². The Labute approximate surface area is 158 Å². The van der Waals surface area contributed by atoms with Crippen molar-refractivity contribution in [2.75, 3.05) is 32.7 Å². The number of nitrogens with zero attached hydrogens (tertiary/aromatic N) is 2. The SMILES string of the molecule is CC1CCCC(NC(=O)CN2CCN(C(C)C(=O)NC3CC3)CC2)C1C. The maximum absolute atomic E-state index is 12.5. The molecule has 1 aliphatic heterocycles. The number of amides is 2. The van der Waals surface area contributed by atoms with Crippen LogP contribution in [-0.4, -0.2) is 72.5 Å². The standard InChI is InChI=1S/C20H36N4O2/c1-14-5-4-6-18(15(14)2)22-19(25)13-23-9-11-24(12-10-23)16(3)20(26)21-17-7-8-17/h14-18H,4-13H2,1-3H3,(H,21,26)(H,22,25). The van der Waals surface area contributed by atoms with Crippen LogP contribution in [0.1, 0.15) is 52.9 Å². The number of rotatable bonds is 6. The Kier molecular flexibility index (Phi) is 6.56. The van der Waals surface area contributed by atoms with Gasteiger partial charge in [-0.1, -0.05) is 26.7 Å². The summed E-state index contributed by atoms with van der Waals surface area (Å²) in [5.41, 5.74) is 0. The summed E-state index contributed by atoms with van der Waals surface area (Å²) in [6, 6.07) is 0.676. The predicted octanol–water partition coefficient (Wildman–Crippen LogP) is 1.21. The molecule has 0 aromatic rings. The van der Waals surface area contributed by atoms with Gasteiger partial charge in [-0.2, -0.15) is 0 Å². The Morgan fingerprint density at radius 2 is 1.69 bits per heavy atom. The number of carbonyl (C=O) groups is 2. The molecule has 148 valence electrons. The number of hydrogen-bond donors (Lipinski definition) is 2. The van der Waals surface area contributed by atoms with Crippen LogP contribution in [0.25, 0.3) is 0 Å². The molecule has 3 rings (SSSR count). The summed E-state index contributed by atoms with van der Waals surface area (Å²) in [6.07, 6.45) is 5.86. The van der Waals surface area contributed by atoms with Gasteiger partial charge >= 0.3 is 0 Å². The summed E-state index contributed by atoms with van der Waals surface area (Å²) in [6.45, 7) is 10.4. The van der Waals surface area contributed by atoms with E-state index in [0.29, 0.717) is 30.5 Å². The minimum atomic E-state index is -0.0730. The van der Waals surface area contributed by atoms with E-state index in [0.717, 1.165) is 45.4 Å². The van der Waals surface area contributed by atoms with E-state index in [1.165, 1.54) is 12.8 Å². The second-order valence-electron chi connectivity index (χ2n) is 8.71. The maximum Gasteiger partial charge on any atom is 0.237 e. The maximum atomic E-state index is 12.5. The molecule has 6 heteroatoms. The Morgan fingerprint density at radius 1 is 1.00 bits per heavy atom. The summed E-state index contributed by atoms with van der Waals surface area (Å²) < 4.78 is 0. The van der Waals surface area contributed by atoms with Crippen molar-refractivity contribution in [3.63, 3.8) is 0 Å². The minimum Gasteiger partial charge on any atom is -0.352 e. The topological polar surface area (TPSA) is 64.7 Å². The van der Waals surface area contributed by atoms with Crippen molar-refractivity contribution in [1.82, 2.24) is 20.4 Å².